The van der Waals surface area contributed by atoms with Crippen molar-refractivity contribution in [1.29, 1.82) is 0 Å². The molecule has 0 spiro atoms. The van der Waals surface area contributed by atoms with Gasteiger partial charge >= 0.3 is 0 Å². The van der Waals surface area contributed by atoms with Crippen molar-refractivity contribution in [2.45, 2.75) is 0 Å². The van der Waals surface area contributed by atoms with E-state index in [1.807, 2.05) is 88.1 Å². The van der Waals surface area contributed by atoms with Gasteiger partial charge in [0.05, 0.1) is 6.04 Å². The zero-order chi connectivity index (χ0) is 12.5. The summed E-state index contributed by atoms with van der Waals surface area (Å²) >= 11 is 0. The molecular formula is C16H16FeN2. The Hall–Kier alpha value is -0.501. The van der Waals surface area contributed by atoms with Crippen molar-refractivity contribution in [3.63, 3.8) is 0 Å². The predicted molar refractivity (Wildman–Crippen MR) is 75.1 cm³/mol. The van der Waals surface area contributed by atoms with Crippen LogP contribution < -0.4 is 10.9 Å². The van der Waals surface area contributed by atoms with Gasteiger partial charge in [0, 0.05) is 22.8 Å². The summed E-state index contributed by atoms with van der Waals surface area (Å²) in [6, 6.07) is 11.1. The van der Waals surface area contributed by atoms with E-state index in [0.29, 0.717) is 0 Å². The molecule has 2 aliphatic rings. The van der Waals surface area contributed by atoms with Crippen LogP contribution >= 0.6 is 0 Å². The van der Waals surface area contributed by atoms with E-state index in [4.69, 9.17) is 0 Å². The van der Waals surface area contributed by atoms with Crippen molar-refractivity contribution >= 4 is 5.69 Å². The first-order chi connectivity index (χ1) is 8.95. The van der Waals surface area contributed by atoms with Crippen molar-refractivity contribution in [3.05, 3.63) is 94.2 Å². The van der Waals surface area contributed by atoms with Gasteiger partial charge in [-0.05, 0) is 69.9 Å². The number of benzene rings is 1. The summed E-state index contributed by atoms with van der Waals surface area (Å²) in [5, 5.41) is 0. The first-order valence-corrected chi connectivity index (χ1v) is 5.90. The number of hydrogen-bond acceptors (Lipinski definition) is 2. The normalized spacial score (nSPS) is 18.3. The van der Waals surface area contributed by atoms with Crippen LogP contribution in [0.5, 0.6) is 0 Å². The van der Waals surface area contributed by atoms with E-state index in [-0.39, 0.29) is 17.1 Å². The van der Waals surface area contributed by atoms with Gasteiger partial charge in [0.2, 0.25) is 0 Å². The molecule has 3 rings (SSSR count). The first-order valence-electron chi connectivity index (χ1n) is 5.90. The summed E-state index contributed by atoms with van der Waals surface area (Å²) in [7, 11) is 0. The molecule has 1 aromatic rings. The Labute approximate surface area is 128 Å². The zero-order valence-corrected chi connectivity index (χ0v) is 11.5. The number of para-hydroxylation sites is 1. The van der Waals surface area contributed by atoms with E-state index < -0.39 is 0 Å². The Balaban J connectivity index is 0.000000256. The third-order valence-corrected chi connectivity index (χ3v) is 2.34. The number of rotatable bonds is 3. The summed E-state index contributed by atoms with van der Waals surface area (Å²) in [6.07, 6.45) is 18.0. The molecule has 0 unspecified atom stereocenters. The minimum absolute atomic E-state index is 0. The van der Waals surface area contributed by atoms with Crippen LogP contribution in [0.3, 0.4) is 0 Å². The topological polar surface area (TPSA) is 24.1 Å². The molecule has 98 valence electrons. The summed E-state index contributed by atoms with van der Waals surface area (Å²) in [4.78, 5) is 0. The maximum Gasteiger partial charge on any atom is 0.0644 e. The Bertz CT molecular complexity index is 298. The molecule has 0 atom stereocenters. The molecule has 0 bridgehead atoms. The molecule has 0 saturated heterocycles. The quantitative estimate of drug-likeness (QED) is 0.661. The predicted octanol–water partition coefficient (Wildman–Crippen LogP) is 2.98. The Kier molecular flexibility index (Phi) is 8.98. The summed E-state index contributed by atoms with van der Waals surface area (Å²) in [5.41, 5.74) is 7.25. The molecule has 2 nitrogen and oxygen atoms in total. The molecule has 10 radical (unpaired) electrons. The molecule has 3 heteroatoms. The minimum Gasteiger partial charge on any atom is -0.321 e. The molecule has 2 aliphatic carbocycles. The molecule has 0 heterocycles. The van der Waals surface area contributed by atoms with Crippen LogP contribution in [0.4, 0.5) is 5.69 Å². The van der Waals surface area contributed by atoms with E-state index in [9.17, 15) is 0 Å². The third kappa shape index (κ3) is 7.00. The van der Waals surface area contributed by atoms with Crippen molar-refractivity contribution in [1.82, 2.24) is 5.43 Å². The largest absolute Gasteiger partial charge is 0.321 e. The maximum absolute atomic E-state index is 3.10. The van der Waals surface area contributed by atoms with Gasteiger partial charge in [-0.3, -0.25) is 0 Å². The molecule has 1 aromatic carbocycles. The van der Waals surface area contributed by atoms with Gasteiger partial charge in [0.1, 0.15) is 0 Å². The summed E-state index contributed by atoms with van der Waals surface area (Å²) in [5.74, 6) is 0. The Morgan fingerprint density at radius 3 is 1.63 bits per heavy atom. The van der Waals surface area contributed by atoms with Gasteiger partial charge in [0.25, 0.3) is 0 Å². The monoisotopic (exact) mass is 292 g/mol. The van der Waals surface area contributed by atoms with Gasteiger partial charge in [-0.25, -0.2) is 5.43 Å². The molecule has 0 aliphatic heterocycles. The van der Waals surface area contributed by atoms with Crippen molar-refractivity contribution in [3.8, 4) is 0 Å². The second-order valence-electron chi connectivity index (χ2n) is 3.75. The fourth-order valence-corrected chi connectivity index (χ4v) is 1.44. The van der Waals surface area contributed by atoms with Crippen molar-refractivity contribution in [2.24, 2.45) is 0 Å². The molecule has 2 N–H and O–H groups in total. The maximum atomic E-state index is 3.10. The average Bonchev–Trinajstić information content (AvgIpc) is 3.13. The zero-order valence-electron chi connectivity index (χ0n) is 10.4. The van der Waals surface area contributed by atoms with Crippen LogP contribution in [0, 0.1) is 63.8 Å². The van der Waals surface area contributed by atoms with Crippen molar-refractivity contribution in [2.75, 3.05) is 5.43 Å². The van der Waals surface area contributed by atoms with Crippen LogP contribution in [-0.2, 0) is 17.1 Å². The van der Waals surface area contributed by atoms with Gasteiger partial charge in [-0.2, -0.15) is 0 Å². The SMILES string of the molecule is [CH]1[CH][CH][CH][CH]1.[CH]1[CH][CH][C](NNc2ccccc2)[CH]1.[Fe]. The van der Waals surface area contributed by atoms with Crippen LogP contribution in [-0.4, -0.2) is 0 Å². The second kappa shape index (κ2) is 10.3. The molecule has 2 fully saturated rings. The smallest absolute Gasteiger partial charge is 0.0644 e. The first kappa shape index (κ1) is 16.6. The summed E-state index contributed by atoms with van der Waals surface area (Å²) in [6.45, 7) is 0. The fourth-order valence-electron chi connectivity index (χ4n) is 1.44. The van der Waals surface area contributed by atoms with E-state index >= 15 is 0 Å². The van der Waals surface area contributed by atoms with Crippen LogP contribution in [0.15, 0.2) is 30.3 Å². The number of hydrazine groups is 1. The fraction of sp³-hybridized carbons (Fsp3) is 0. The van der Waals surface area contributed by atoms with E-state index in [1.54, 1.807) is 0 Å². The third-order valence-electron chi connectivity index (χ3n) is 2.34. The van der Waals surface area contributed by atoms with Crippen LogP contribution in [0.2, 0.25) is 0 Å². The Morgan fingerprint density at radius 2 is 1.11 bits per heavy atom. The van der Waals surface area contributed by atoms with Crippen LogP contribution in [0.25, 0.3) is 0 Å². The molecule has 2 saturated carbocycles. The molecule has 19 heavy (non-hydrogen) atoms. The van der Waals surface area contributed by atoms with Gasteiger partial charge in [0.15, 0.2) is 0 Å². The van der Waals surface area contributed by atoms with E-state index in [1.165, 1.54) is 0 Å². The molecular weight excluding hydrogens is 276 g/mol. The average molecular weight is 292 g/mol. The van der Waals surface area contributed by atoms with E-state index in [2.05, 4.69) is 10.9 Å². The summed E-state index contributed by atoms with van der Waals surface area (Å²) < 4.78 is 0. The van der Waals surface area contributed by atoms with Gasteiger partial charge in [-0.1, -0.05) is 18.2 Å². The number of hydrogen-bond donors (Lipinski definition) is 2. The molecule has 0 amide bonds. The minimum atomic E-state index is 0. The Morgan fingerprint density at radius 1 is 0.579 bits per heavy atom. The van der Waals surface area contributed by atoms with Crippen LogP contribution in [0.1, 0.15) is 0 Å². The number of nitrogens with one attached hydrogen (secondary N) is 2. The van der Waals surface area contributed by atoms with Gasteiger partial charge < -0.3 is 5.43 Å². The van der Waals surface area contributed by atoms with E-state index in [0.717, 1.165) is 11.7 Å². The number of anilines is 1. The molecule has 0 aromatic heterocycles. The van der Waals surface area contributed by atoms with Crippen molar-refractivity contribution < 1.29 is 17.1 Å². The standard InChI is InChI=1S/C11H11N2.C5H5.Fe/c1-2-6-10(7-3-1)12-13-11-8-4-5-9-11;1-2-4-5-3-1;/h1-9,12-13H;1-5H;. The van der Waals surface area contributed by atoms with Gasteiger partial charge in [-0.15, -0.1) is 0 Å². The second-order valence-corrected chi connectivity index (χ2v) is 3.75.